The number of hydrogen-bond donors (Lipinski definition) is 3. The van der Waals surface area contributed by atoms with Gasteiger partial charge in [-0.1, -0.05) is 123 Å². The van der Waals surface area contributed by atoms with Crippen molar-refractivity contribution < 1.29 is 34.1 Å². The second kappa shape index (κ2) is 17.5. The van der Waals surface area contributed by atoms with E-state index in [1.165, 1.54) is 0 Å². The number of anilines is 1. The van der Waals surface area contributed by atoms with Gasteiger partial charge in [-0.2, -0.15) is 0 Å². The third kappa shape index (κ3) is 7.51. The Bertz CT molecular complexity index is 2290. The average molecular weight is 822 g/mol. The Labute approximate surface area is 358 Å². The maximum atomic E-state index is 15.9. The van der Waals surface area contributed by atoms with Crippen LogP contribution in [0.2, 0.25) is 0 Å². The van der Waals surface area contributed by atoms with Crippen molar-refractivity contribution in [3.05, 3.63) is 131 Å². The molecular weight excluding hydrogens is 767 g/mol. The Balaban J connectivity index is 1.32. The summed E-state index contributed by atoms with van der Waals surface area (Å²) in [6.07, 6.45) is 9.02. The number of cyclic esters (lactones) is 1. The minimum atomic E-state index is -1.69. The van der Waals surface area contributed by atoms with E-state index in [1.807, 2.05) is 108 Å². The fourth-order valence-corrected chi connectivity index (χ4v) is 10.9. The molecule has 4 fully saturated rings. The van der Waals surface area contributed by atoms with Crippen LogP contribution in [0.1, 0.15) is 117 Å². The van der Waals surface area contributed by atoms with Crippen LogP contribution in [-0.2, 0) is 24.5 Å². The Hall–Kier alpha value is -5.47. The van der Waals surface area contributed by atoms with Gasteiger partial charge in [-0.25, -0.2) is 0 Å². The molecular formula is C51H55N3O7. The molecule has 6 atom stereocenters. The normalized spacial score (nSPS) is 27.3. The van der Waals surface area contributed by atoms with Crippen molar-refractivity contribution in [3.63, 3.8) is 0 Å². The molecule has 1 saturated carbocycles. The van der Waals surface area contributed by atoms with Gasteiger partial charge in [0.1, 0.15) is 35.5 Å². The zero-order valence-corrected chi connectivity index (χ0v) is 34.6. The topological polar surface area (TPSA) is 129 Å². The van der Waals surface area contributed by atoms with Crippen LogP contribution in [0.3, 0.4) is 0 Å². The number of benzene rings is 4. The van der Waals surface area contributed by atoms with Crippen molar-refractivity contribution in [1.82, 2.24) is 9.80 Å². The summed E-state index contributed by atoms with van der Waals surface area (Å²) >= 11 is 0. The van der Waals surface area contributed by atoms with Crippen LogP contribution >= 0.6 is 0 Å². The molecule has 4 heterocycles. The molecule has 1 aliphatic carbocycles. The number of carbonyl (C=O) groups is 3. The van der Waals surface area contributed by atoms with Crippen LogP contribution in [0.15, 0.2) is 103 Å². The van der Waals surface area contributed by atoms with Gasteiger partial charge in [-0.05, 0) is 79.5 Å². The molecule has 3 N–H and O–H groups in total. The predicted molar refractivity (Wildman–Crippen MR) is 231 cm³/mol. The first-order chi connectivity index (χ1) is 29.8. The Kier molecular flexibility index (Phi) is 11.7. The molecule has 4 aliphatic heterocycles. The Morgan fingerprint density at radius 1 is 0.787 bits per heavy atom. The number of rotatable bonds is 7. The third-order valence-corrected chi connectivity index (χ3v) is 13.7. The Morgan fingerprint density at radius 2 is 1.43 bits per heavy atom. The highest BCUT2D eigenvalue weighted by atomic mass is 16.6. The molecule has 316 valence electrons. The molecule has 61 heavy (non-hydrogen) atoms. The fraction of sp³-hybridized carbons (Fsp3) is 0.431. The summed E-state index contributed by atoms with van der Waals surface area (Å²) in [5, 5.41) is 24.8. The van der Waals surface area contributed by atoms with Gasteiger partial charge in [0.05, 0.1) is 24.6 Å². The molecule has 4 aromatic rings. The van der Waals surface area contributed by atoms with E-state index in [-0.39, 0.29) is 19.1 Å². The minimum Gasteiger partial charge on any atom is -0.491 e. The van der Waals surface area contributed by atoms with Gasteiger partial charge in [0.2, 0.25) is 11.8 Å². The van der Waals surface area contributed by atoms with E-state index in [9.17, 15) is 10.2 Å². The first kappa shape index (κ1) is 40.9. The van der Waals surface area contributed by atoms with Gasteiger partial charge in [0.25, 0.3) is 0 Å². The molecule has 3 saturated heterocycles. The quantitative estimate of drug-likeness (QED) is 0.0991. The summed E-state index contributed by atoms with van der Waals surface area (Å²) in [6, 6.07) is 29.8. The van der Waals surface area contributed by atoms with Crippen molar-refractivity contribution in [2.75, 3.05) is 31.6 Å². The van der Waals surface area contributed by atoms with Crippen LogP contribution in [0, 0.1) is 17.8 Å². The summed E-state index contributed by atoms with van der Waals surface area (Å²) in [5.41, 5.74) is 1.14. The summed E-state index contributed by atoms with van der Waals surface area (Å²) in [4.78, 5) is 50.9. The molecule has 1 spiro atoms. The van der Waals surface area contributed by atoms with Crippen LogP contribution in [-0.4, -0.2) is 75.7 Å². The standard InChI is InChI=1S/C51H55N3O7/c55-32-33-60-41-23-13-12-22-38(41)46-51(39-34-35(24-25-40(39)52-49(51)58)26-29-50(59)27-14-2-3-15-28-50)42(47(56)53-30-16-4-1-5-17-31-53)44-48(57)61-45(37-20-10-7-11-21-37)43(54(44)46)36-18-8-6-9-19-36/h6-13,18-25,34,42-46,55,59H,1-5,14-17,27-28,30-33H2,(H,52,58)/t42-,43-,44-,45+,46+,51-/m1/s1. The zero-order valence-electron chi connectivity index (χ0n) is 34.6. The monoisotopic (exact) mass is 821 g/mol. The van der Waals surface area contributed by atoms with E-state index in [2.05, 4.69) is 22.1 Å². The molecule has 10 heteroatoms. The number of nitrogens with one attached hydrogen (secondary N) is 1. The highest BCUT2D eigenvalue weighted by molar-refractivity contribution is 6.12. The summed E-state index contributed by atoms with van der Waals surface area (Å²) < 4.78 is 12.9. The highest BCUT2D eigenvalue weighted by Crippen LogP contribution is 2.66. The number of esters is 1. The largest absolute Gasteiger partial charge is 0.491 e. The van der Waals surface area contributed by atoms with E-state index in [1.54, 1.807) is 0 Å². The predicted octanol–water partition coefficient (Wildman–Crippen LogP) is 7.56. The van der Waals surface area contributed by atoms with E-state index in [0.29, 0.717) is 54.1 Å². The lowest BCUT2D eigenvalue weighted by molar-refractivity contribution is -0.179. The molecule has 0 radical (unpaired) electrons. The first-order valence-corrected chi connectivity index (χ1v) is 22.2. The van der Waals surface area contributed by atoms with Crippen LogP contribution in [0.25, 0.3) is 0 Å². The Morgan fingerprint density at radius 3 is 2.13 bits per heavy atom. The summed E-state index contributed by atoms with van der Waals surface area (Å²) in [6.45, 7) is 0.792. The van der Waals surface area contributed by atoms with E-state index >= 15 is 14.4 Å². The number of ether oxygens (including phenoxy) is 2. The van der Waals surface area contributed by atoms with Crippen molar-refractivity contribution >= 4 is 23.5 Å². The van der Waals surface area contributed by atoms with Crippen molar-refractivity contribution in [1.29, 1.82) is 0 Å². The first-order valence-electron chi connectivity index (χ1n) is 22.2. The molecule has 0 aromatic heterocycles. The van der Waals surface area contributed by atoms with E-state index in [0.717, 1.165) is 68.9 Å². The smallest absolute Gasteiger partial charge is 0.324 e. The van der Waals surface area contributed by atoms with Crippen LogP contribution in [0.5, 0.6) is 5.75 Å². The number of morpholine rings is 1. The van der Waals surface area contributed by atoms with Gasteiger partial charge in [0, 0.05) is 29.9 Å². The number of para-hydroxylation sites is 1. The molecule has 9 rings (SSSR count). The molecule has 2 amide bonds. The van der Waals surface area contributed by atoms with Gasteiger partial charge < -0.3 is 29.9 Å². The number of amides is 2. The zero-order chi connectivity index (χ0) is 42.0. The second-order valence-corrected chi connectivity index (χ2v) is 17.4. The second-order valence-electron chi connectivity index (χ2n) is 17.4. The number of hydrogen-bond acceptors (Lipinski definition) is 8. The number of aliphatic hydroxyl groups is 2. The number of carbonyl (C=O) groups excluding carboxylic acids is 3. The number of nitrogens with zero attached hydrogens (tertiary/aromatic N) is 2. The lowest BCUT2D eigenvalue weighted by Crippen LogP contribution is -2.55. The van der Waals surface area contributed by atoms with Gasteiger partial charge in [0.15, 0.2) is 0 Å². The lowest BCUT2D eigenvalue weighted by atomic mass is 9.64. The lowest BCUT2D eigenvalue weighted by Gasteiger charge is -2.46. The van der Waals surface area contributed by atoms with Gasteiger partial charge >= 0.3 is 5.97 Å². The molecule has 4 aromatic carbocycles. The highest BCUT2D eigenvalue weighted by Gasteiger charge is 2.74. The van der Waals surface area contributed by atoms with E-state index < -0.39 is 53.0 Å². The minimum absolute atomic E-state index is 0.00146. The van der Waals surface area contributed by atoms with Crippen LogP contribution < -0.4 is 10.1 Å². The number of likely N-dealkylation sites (tertiary alicyclic amines) is 1. The van der Waals surface area contributed by atoms with Crippen molar-refractivity contribution in [3.8, 4) is 17.6 Å². The SMILES string of the molecule is O=C1O[C@@H](c2ccccc2)[C@@H](c2ccccc2)N2[C@@H](c3ccccc3OCCO)[C@]3(C(=O)Nc4ccc(C#CC5(O)CCCCCC5)cc43)[C@@H](C(=O)N3CCCCCCC3)[C@H]12. The van der Waals surface area contributed by atoms with Crippen molar-refractivity contribution in [2.24, 2.45) is 5.92 Å². The summed E-state index contributed by atoms with van der Waals surface area (Å²) in [5.74, 6) is 4.50. The van der Waals surface area contributed by atoms with Crippen molar-refractivity contribution in [2.45, 2.75) is 106 Å². The number of aliphatic hydroxyl groups excluding tert-OH is 1. The molecule has 0 bridgehead atoms. The van der Waals surface area contributed by atoms with E-state index in [4.69, 9.17) is 9.47 Å². The van der Waals surface area contributed by atoms with Crippen LogP contribution in [0.4, 0.5) is 5.69 Å². The van der Waals surface area contributed by atoms with Gasteiger partial charge in [-0.15, -0.1) is 0 Å². The molecule has 10 nitrogen and oxygen atoms in total. The number of fused-ring (bicyclic) bond motifs is 3. The maximum Gasteiger partial charge on any atom is 0.324 e. The molecule has 5 aliphatic rings. The van der Waals surface area contributed by atoms with Gasteiger partial charge in [-0.3, -0.25) is 19.3 Å². The fourth-order valence-electron chi connectivity index (χ4n) is 10.9. The third-order valence-electron chi connectivity index (χ3n) is 13.7. The summed E-state index contributed by atoms with van der Waals surface area (Å²) in [7, 11) is 0. The average Bonchev–Trinajstić information content (AvgIpc) is 3.63. The molecule has 0 unspecified atom stereocenters. The maximum absolute atomic E-state index is 15.9.